The van der Waals surface area contributed by atoms with Gasteiger partial charge in [0.1, 0.15) is 35.5 Å². The highest BCUT2D eigenvalue weighted by Gasteiger charge is 2.45. The molecule has 6 aliphatic rings. The Morgan fingerprint density at radius 3 is 1.60 bits per heavy atom. The lowest BCUT2D eigenvalue weighted by molar-refractivity contribution is -0.143. The minimum Gasteiger partial charge on any atom is -0.380 e. The molecule has 10 atom stereocenters. The summed E-state index contributed by atoms with van der Waals surface area (Å²) in [4.78, 5) is 112. The van der Waals surface area contributed by atoms with E-state index in [2.05, 4.69) is 48.6 Å². The molecule has 0 aromatic heterocycles. The fraction of sp³-hybridized carbons (Fsp3) is 0.613. The van der Waals surface area contributed by atoms with Gasteiger partial charge in [-0.3, -0.25) is 38.4 Å². The fourth-order valence-electron chi connectivity index (χ4n) is 13.1. The molecule has 4 aliphatic carbocycles. The molecule has 3 fully saturated rings. The van der Waals surface area contributed by atoms with Crippen molar-refractivity contribution in [2.75, 3.05) is 64.1 Å². The van der Waals surface area contributed by atoms with Crippen LogP contribution in [0.4, 0.5) is 11.4 Å². The minimum absolute atomic E-state index is 0.0117. The smallest absolute Gasteiger partial charge is 0.253 e. The van der Waals surface area contributed by atoms with Crippen molar-refractivity contribution in [3.63, 3.8) is 0 Å². The number of carbonyl (C=O) groups is 6. The SMILES string of the molecule is CN[C@@H](C)C(=O)N[C@H](C(=O)N1CCC[C@H]1C(=O)N[C@H]1c2ccccc2C[C@H]1OCCCNc1c(NCCCO[C@@H]2Cc3ccccc3[C@@H]2NC(=O)[C@@H]2CCCN2C(=O)[C@@H](NC(=O)[C@H](C)NC)C2CCCCC2)c(=O)c1=O)C1=CCCCC1. The topological polar surface area (TPSA) is 258 Å². The molecule has 2 saturated heterocycles. The van der Waals surface area contributed by atoms with Gasteiger partial charge in [0, 0.05) is 52.2 Å². The molecule has 2 heterocycles. The largest absolute Gasteiger partial charge is 0.380 e. The summed E-state index contributed by atoms with van der Waals surface area (Å²) in [5, 5.41) is 24.8. The summed E-state index contributed by atoms with van der Waals surface area (Å²) >= 11 is 0. The first-order valence-corrected chi connectivity index (χ1v) is 30.3. The van der Waals surface area contributed by atoms with Gasteiger partial charge in [0.05, 0.1) is 36.4 Å². The lowest BCUT2D eigenvalue weighted by Crippen LogP contribution is -2.58. The Morgan fingerprint density at radius 2 is 1.10 bits per heavy atom. The van der Waals surface area contributed by atoms with Crippen LogP contribution in [0.5, 0.6) is 0 Å². The zero-order valence-electron chi connectivity index (χ0n) is 48.3. The number of allylic oxidation sites excluding steroid dienone is 1. The maximum atomic E-state index is 14.4. The number of anilines is 2. The van der Waals surface area contributed by atoms with Crippen LogP contribution in [0.15, 0.2) is 69.8 Å². The number of fused-ring (bicyclic) bond motifs is 2. The zero-order chi connectivity index (χ0) is 57.9. The van der Waals surface area contributed by atoms with Crippen molar-refractivity contribution in [1.82, 2.24) is 41.7 Å². The van der Waals surface area contributed by atoms with Gasteiger partial charge in [-0.15, -0.1) is 0 Å². The van der Waals surface area contributed by atoms with E-state index in [1.807, 2.05) is 48.5 Å². The number of hydrogen-bond donors (Lipinski definition) is 8. The lowest BCUT2D eigenvalue weighted by atomic mass is 9.83. The van der Waals surface area contributed by atoms with Crippen LogP contribution in [-0.2, 0) is 51.1 Å². The molecule has 20 heteroatoms. The van der Waals surface area contributed by atoms with Gasteiger partial charge >= 0.3 is 0 Å². The standard InChI is InChI=1S/C62H86N10O10/c1-37(63-3)57(75)67-49(39-19-7-5-8-20-39)61(79)71-31-15-27-45(71)59(77)69-51-43-25-13-11-23-41(43)35-47(51)81-33-17-29-65-53-54(56(74)55(53)73)66-30-18-34-82-48-36-42-24-12-14-26-44(42)52(48)70-60(78)46-28-16-32-72(46)62(80)50(40-21-9-6-10-22-40)68-58(76)38(2)64-4/h11-14,19,23-26,37-38,40,45-52,63-66H,5-10,15-18,20-22,27-36H2,1-4H3,(H,67,75)(H,68,76)(H,69,77)(H,70,78)/t37-,38-,45-,46-,47+,48+,49-,50-,51-,52-/m0/s1. The number of ether oxygens (including phenoxy) is 2. The van der Waals surface area contributed by atoms with E-state index in [1.54, 1.807) is 37.7 Å². The van der Waals surface area contributed by atoms with Gasteiger partial charge in [-0.05, 0) is 139 Å². The van der Waals surface area contributed by atoms with E-state index in [1.165, 1.54) is 0 Å². The van der Waals surface area contributed by atoms with E-state index in [9.17, 15) is 38.4 Å². The Hall–Kier alpha value is -6.48. The van der Waals surface area contributed by atoms with Gasteiger partial charge in [-0.2, -0.15) is 0 Å². The Bertz CT molecular complexity index is 2860. The third kappa shape index (κ3) is 13.8. The molecule has 9 rings (SSSR count). The Kier molecular flexibility index (Phi) is 20.7. The van der Waals surface area contributed by atoms with E-state index < -0.39 is 59.2 Å². The monoisotopic (exact) mass is 1130 g/mol. The summed E-state index contributed by atoms with van der Waals surface area (Å²) in [7, 11) is 3.41. The summed E-state index contributed by atoms with van der Waals surface area (Å²) < 4.78 is 12.9. The summed E-state index contributed by atoms with van der Waals surface area (Å²) in [6.07, 6.45) is 14.2. The van der Waals surface area contributed by atoms with Gasteiger partial charge in [-0.1, -0.05) is 73.9 Å². The van der Waals surface area contributed by atoms with Gasteiger partial charge in [-0.25, -0.2) is 0 Å². The van der Waals surface area contributed by atoms with Crippen LogP contribution in [0, 0.1) is 5.92 Å². The van der Waals surface area contributed by atoms with E-state index in [0.717, 1.165) is 79.2 Å². The highest BCUT2D eigenvalue weighted by atomic mass is 16.5. The number of likely N-dealkylation sites (tertiary alicyclic amines) is 2. The normalized spacial score (nSPS) is 23.9. The van der Waals surface area contributed by atoms with Crippen molar-refractivity contribution in [3.05, 3.63) is 103 Å². The highest BCUT2D eigenvalue weighted by molar-refractivity contribution is 5.96. The van der Waals surface area contributed by atoms with Crippen LogP contribution in [0.1, 0.15) is 144 Å². The van der Waals surface area contributed by atoms with Gasteiger partial charge in [0.2, 0.25) is 35.4 Å². The molecule has 0 spiro atoms. The van der Waals surface area contributed by atoms with Crippen molar-refractivity contribution in [1.29, 1.82) is 0 Å². The maximum Gasteiger partial charge on any atom is 0.253 e. The second kappa shape index (κ2) is 28.2. The molecule has 3 aromatic carbocycles. The van der Waals surface area contributed by atoms with Crippen molar-refractivity contribution >= 4 is 46.8 Å². The molecule has 0 radical (unpaired) electrons. The number of nitrogens with zero attached hydrogens (tertiary/aromatic N) is 2. The predicted octanol–water partition coefficient (Wildman–Crippen LogP) is 3.73. The molecule has 82 heavy (non-hydrogen) atoms. The second-order valence-electron chi connectivity index (χ2n) is 23.3. The molecule has 6 amide bonds. The van der Waals surface area contributed by atoms with Crippen LogP contribution in [0.2, 0.25) is 0 Å². The first-order chi connectivity index (χ1) is 39.8. The first-order valence-electron chi connectivity index (χ1n) is 30.3. The quantitative estimate of drug-likeness (QED) is 0.0324. The summed E-state index contributed by atoms with van der Waals surface area (Å²) in [6, 6.07) is 11.1. The Balaban J connectivity index is 0.741. The van der Waals surface area contributed by atoms with Crippen LogP contribution in [0.25, 0.3) is 0 Å². The zero-order valence-corrected chi connectivity index (χ0v) is 48.3. The van der Waals surface area contributed by atoms with Crippen LogP contribution < -0.4 is 53.4 Å². The molecule has 1 saturated carbocycles. The average molecular weight is 1130 g/mol. The third-order valence-electron chi connectivity index (χ3n) is 18.0. The molecular formula is C62H86N10O10. The minimum atomic E-state index is -0.833. The van der Waals surface area contributed by atoms with Crippen molar-refractivity contribution in [2.45, 2.75) is 184 Å². The molecule has 3 aromatic rings. The lowest BCUT2D eigenvalue weighted by Gasteiger charge is -2.35. The number of rotatable bonds is 26. The number of hydrogen-bond acceptors (Lipinski definition) is 14. The summed E-state index contributed by atoms with van der Waals surface area (Å²) in [6.45, 7) is 5.70. The van der Waals surface area contributed by atoms with Crippen LogP contribution >= 0.6 is 0 Å². The van der Waals surface area contributed by atoms with Crippen LogP contribution in [0.3, 0.4) is 0 Å². The predicted molar refractivity (Wildman–Crippen MR) is 313 cm³/mol. The molecule has 444 valence electrons. The van der Waals surface area contributed by atoms with E-state index in [-0.39, 0.29) is 64.9 Å². The number of nitrogens with one attached hydrogen (secondary N) is 8. The number of benzene rings is 2. The van der Waals surface area contributed by atoms with Gasteiger partial charge < -0.3 is 61.8 Å². The second-order valence-corrected chi connectivity index (χ2v) is 23.3. The van der Waals surface area contributed by atoms with E-state index in [0.29, 0.717) is 97.2 Å². The maximum absolute atomic E-state index is 14.4. The van der Waals surface area contributed by atoms with Crippen molar-refractivity contribution in [3.8, 4) is 0 Å². The number of carbonyl (C=O) groups excluding carboxylic acids is 6. The highest BCUT2D eigenvalue weighted by Crippen LogP contribution is 2.37. The Labute approximate surface area is 481 Å². The molecule has 8 N–H and O–H groups in total. The molecular weight excluding hydrogens is 1040 g/mol. The average Bonchev–Trinajstić information content (AvgIpc) is 4.51. The Morgan fingerprint density at radius 1 is 0.598 bits per heavy atom. The van der Waals surface area contributed by atoms with Gasteiger partial charge in [0.15, 0.2) is 0 Å². The number of amides is 6. The molecule has 0 bridgehead atoms. The van der Waals surface area contributed by atoms with Crippen molar-refractivity contribution in [2.24, 2.45) is 5.92 Å². The molecule has 20 nitrogen and oxygen atoms in total. The molecule has 0 unspecified atom stereocenters. The van der Waals surface area contributed by atoms with Crippen molar-refractivity contribution < 1.29 is 38.2 Å². The van der Waals surface area contributed by atoms with Crippen LogP contribution in [-0.4, -0.2) is 147 Å². The fourth-order valence-corrected chi connectivity index (χ4v) is 13.1. The van der Waals surface area contributed by atoms with E-state index in [4.69, 9.17) is 9.47 Å². The van der Waals surface area contributed by atoms with Gasteiger partial charge in [0.25, 0.3) is 10.9 Å². The molecule has 2 aliphatic heterocycles. The summed E-state index contributed by atoms with van der Waals surface area (Å²) in [5.74, 6) is -1.46. The summed E-state index contributed by atoms with van der Waals surface area (Å²) in [5.41, 5.74) is 4.23. The third-order valence-corrected chi connectivity index (χ3v) is 18.0. The van der Waals surface area contributed by atoms with E-state index >= 15 is 0 Å². The number of likely N-dealkylation sites (N-methyl/N-ethyl adjacent to an activating group) is 2. The first kappa shape index (κ1) is 60.1.